The Kier molecular flexibility index (Phi) is 5.26. The molecule has 0 aliphatic carbocycles. The van der Waals surface area contributed by atoms with Gasteiger partial charge in [-0.05, 0) is 31.0 Å². The minimum absolute atomic E-state index is 0.0378. The fraction of sp³-hybridized carbons (Fsp3) is 0.316. The first-order valence-electron chi connectivity index (χ1n) is 8.51. The SMILES string of the molecule is CC(Cc1ccccc1C(F)(F)F)N(C)C(=O)c1cnc2c(c1)NC(=O)CO2. The molecular formula is C19H18F3N3O3. The fourth-order valence-electron chi connectivity index (χ4n) is 2.93. The number of pyridine rings is 1. The molecule has 0 bridgehead atoms. The molecule has 1 aliphatic rings. The summed E-state index contributed by atoms with van der Waals surface area (Å²) in [6.07, 6.45) is -3.11. The summed E-state index contributed by atoms with van der Waals surface area (Å²) in [5.41, 5.74) is -0.113. The Morgan fingerprint density at radius 2 is 2.07 bits per heavy atom. The van der Waals surface area contributed by atoms with Crippen molar-refractivity contribution in [1.29, 1.82) is 0 Å². The van der Waals surface area contributed by atoms with E-state index >= 15 is 0 Å². The number of hydrogen-bond acceptors (Lipinski definition) is 4. The molecule has 0 saturated carbocycles. The van der Waals surface area contributed by atoms with Gasteiger partial charge in [0.05, 0.1) is 11.1 Å². The van der Waals surface area contributed by atoms with E-state index in [0.717, 1.165) is 6.07 Å². The number of alkyl halides is 3. The Morgan fingerprint density at radius 3 is 2.79 bits per heavy atom. The lowest BCUT2D eigenvalue weighted by Gasteiger charge is -2.26. The average Bonchev–Trinajstić information content (AvgIpc) is 2.65. The van der Waals surface area contributed by atoms with Crippen LogP contribution < -0.4 is 10.1 Å². The van der Waals surface area contributed by atoms with E-state index in [2.05, 4.69) is 10.3 Å². The van der Waals surface area contributed by atoms with E-state index in [1.54, 1.807) is 6.92 Å². The molecule has 9 heteroatoms. The standard InChI is InChI=1S/C19H18F3N3O3/c1-11(7-12-5-3-4-6-14(12)19(20,21)22)25(2)18(27)13-8-15-17(23-9-13)28-10-16(26)24-15/h3-6,8-9,11H,7,10H2,1-2H3,(H,24,26). The molecule has 1 aromatic carbocycles. The van der Waals surface area contributed by atoms with Crippen molar-refractivity contribution in [2.75, 3.05) is 19.0 Å². The van der Waals surface area contributed by atoms with Crippen LogP contribution in [-0.4, -0.2) is 41.4 Å². The van der Waals surface area contributed by atoms with Gasteiger partial charge in [-0.2, -0.15) is 13.2 Å². The summed E-state index contributed by atoms with van der Waals surface area (Å²) in [6.45, 7) is 1.52. The van der Waals surface area contributed by atoms with Gasteiger partial charge in [-0.3, -0.25) is 9.59 Å². The van der Waals surface area contributed by atoms with Crippen LogP contribution in [0.4, 0.5) is 18.9 Å². The summed E-state index contributed by atoms with van der Waals surface area (Å²) in [5.74, 6) is -0.567. The van der Waals surface area contributed by atoms with Gasteiger partial charge in [0.1, 0.15) is 5.69 Å². The fourth-order valence-corrected chi connectivity index (χ4v) is 2.93. The molecule has 0 spiro atoms. The maximum atomic E-state index is 13.2. The van der Waals surface area contributed by atoms with Gasteiger partial charge in [-0.25, -0.2) is 4.98 Å². The smallest absolute Gasteiger partial charge is 0.416 e. The summed E-state index contributed by atoms with van der Waals surface area (Å²) in [5, 5.41) is 2.57. The number of rotatable bonds is 4. The Labute approximate surface area is 159 Å². The maximum Gasteiger partial charge on any atom is 0.416 e. The number of carbonyl (C=O) groups is 2. The number of fused-ring (bicyclic) bond motifs is 1. The van der Waals surface area contributed by atoms with Crippen LogP contribution >= 0.6 is 0 Å². The van der Waals surface area contributed by atoms with Crippen LogP contribution in [0.25, 0.3) is 0 Å². The number of anilines is 1. The number of likely N-dealkylation sites (N-methyl/N-ethyl adjacent to an activating group) is 1. The summed E-state index contributed by atoms with van der Waals surface area (Å²) in [4.78, 5) is 29.5. The van der Waals surface area contributed by atoms with Crippen LogP contribution in [-0.2, 0) is 17.4 Å². The first-order valence-corrected chi connectivity index (χ1v) is 8.51. The largest absolute Gasteiger partial charge is 0.466 e. The van der Waals surface area contributed by atoms with Crippen molar-refractivity contribution in [1.82, 2.24) is 9.88 Å². The summed E-state index contributed by atoms with van der Waals surface area (Å²) in [6, 6.07) is 6.24. The van der Waals surface area contributed by atoms with E-state index < -0.39 is 23.7 Å². The molecule has 0 fully saturated rings. The van der Waals surface area contributed by atoms with E-state index in [1.165, 1.54) is 42.4 Å². The summed E-state index contributed by atoms with van der Waals surface area (Å²) in [7, 11) is 1.51. The summed E-state index contributed by atoms with van der Waals surface area (Å²) >= 11 is 0. The number of amides is 2. The van der Waals surface area contributed by atoms with Gasteiger partial charge in [0.25, 0.3) is 11.8 Å². The molecule has 28 heavy (non-hydrogen) atoms. The first-order chi connectivity index (χ1) is 13.2. The lowest BCUT2D eigenvalue weighted by molar-refractivity contribution is -0.138. The molecule has 1 aliphatic heterocycles. The number of benzene rings is 1. The molecule has 1 N–H and O–H groups in total. The molecule has 3 rings (SSSR count). The Balaban J connectivity index is 1.77. The Morgan fingerprint density at radius 1 is 1.36 bits per heavy atom. The predicted molar refractivity (Wildman–Crippen MR) is 95.1 cm³/mol. The second kappa shape index (κ2) is 7.49. The molecule has 1 atom stereocenters. The summed E-state index contributed by atoms with van der Waals surface area (Å²) < 4.78 is 44.7. The first kappa shape index (κ1) is 19.7. The Bertz CT molecular complexity index is 915. The van der Waals surface area contributed by atoms with E-state index in [-0.39, 0.29) is 41.6 Å². The van der Waals surface area contributed by atoms with Crippen LogP contribution in [0.5, 0.6) is 5.88 Å². The zero-order chi connectivity index (χ0) is 20.5. The highest BCUT2D eigenvalue weighted by molar-refractivity contribution is 5.99. The van der Waals surface area contributed by atoms with Gasteiger partial charge < -0.3 is 15.0 Å². The highest BCUT2D eigenvalue weighted by Gasteiger charge is 2.33. The van der Waals surface area contributed by atoms with Crippen LogP contribution in [0.3, 0.4) is 0 Å². The molecule has 1 unspecified atom stereocenters. The van der Waals surface area contributed by atoms with Gasteiger partial charge in [0.2, 0.25) is 5.88 Å². The topological polar surface area (TPSA) is 71.5 Å². The minimum Gasteiger partial charge on any atom is -0.466 e. The molecule has 0 saturated heterocycles. The van der Waals surface area contributed by atoms with Crippen molar-refractivity contribution in [2.45, 2.75) is 25.6 Å². The second-order valence-corrected chi connectivity index (χ2v) is 6.54. The molecule has 2 amide bonds. The lowest BCUT2D eigenvalue weighted by atomic mass is 9.99. The van der Waals surface area contributed by atoms with E-state index in [9.17, 15) is 22.8 Å². The molecule has 6 nitrogen and oxygen atoms in total. The second-order valence-electron chi connectivity index (χ2n) is 6.54. The van der Waals surface area contributed by atoms with Crippen LogP contribution in [0.2, 0.25) is 0 Å². The third-order valence-corrected chi connectivity index (χ3v) is 4.53. The molecular weight excluding hydrogens is 375 g/mol. The van der Waals surface area contributed by atoms with Gasteiger partial charge in [0, 0.05) is 19.3 Å². The highest BCUT2D eigenvalue weighted by Crippen LogP contribution is 2.33. The molecule has 0 radical (unpaired) electrons. The van der Waals surface area contributed by atoms with Crippen molar-refractivity contribution in [2.24, 2.45) is 0 Å². The highest BCUT2D eigenvalue weighted by atomic mass is 19.4. The zero-order valence-corrected chi connectivity index (χ0v) is 15.2. The normalized spacial score (nSPS) is 14.5. The number of aromatic nitrogens is 1. The third kappa shape index (κ3) is 4.08. The molecule has 2 aromatic rings. The average molecular weight is 393 g/mol. The number of ether oxygens (including phenoxy) is 1. The van der Waals surface area contributed by atoms with E-state index in [4.69, 9.17) is 4.74 Å². The maximum absolute atomic E-state index is 13.2. The van der Waals surface area contributed by atoms with E-state index in [1.807, 2.05) is 0 Å². The van der Waals surface area contributed by atoms with Crippen molar-refractivity contribution >= 4 is 17.5 Å². The number of nitrogens with one attached hydrogen (secondary N) is 1. The minimum atomic E-state index is -4.46. The number of carbonyl (C=O) groups excluding carboxylic acids is 2. The quantitative estimate of drug-likeness (QED) is 0.866. The van der Waals surface area contributed by atoms with Crippen molar-refractivity contribution < 1.29 is 27.5 Å². The van der Waals surface area contributed by atoms with Gasteiger partial charge >= 0.3 is 6.18 Å². The zero-order valence-electron chi connectivity index (χ0n) is 15.2. The lowest BCUT2D eigenvalue weighted by Crippen LogP contribution is -2.37. The van der Waals surface area contributed by atoms with Crippen LogP contribution in [0, 0.1) is 0 Å². The molecule has 1 aromatic heterocycles. The molecule has 2 heterocycles. The number of halogens is 3. The number of hydrogen-bond donors (Lipinski definition) is 1. The van der Waals surface area contributed by atoms with Crippen LogP contribution in [0.15, 0.2) is 36.5 Å². The molecule has 148 valence electrons. The number of nitrogens with zero attached hydrogens (tertiary/aromatic N) is 2. The van der Waals surface area contributed by atoms with E-state index in [0.29, 0.717) is 0 Å². The van der Waals surface area contributed by atoms with Gasteiger partial charge in [0.15, 0.2) is 6.61 Å². The van der Waals surface area contributed by atoms with Crippen molar-refractivity contribution in [3.63, 3.8) is 0 Å². The van der Waals surface area contributed by atoms with Gasteiger partial charge in [-0.15, -0.1) is 0 Å². The van der Waals surface area contributed by atoms with Crippen molar-refractivity contribution in [3.8, 4) is 5.88 Å². The van der Waals surface area contributed by atoms with Gasteiger partial charge in [-0.1, -0.05) is 18.2 Å². The predicted octanol–water partition coefficient (Wildman–Crippen LogP) is 3.13. The van der Waals surface area contributed by atoms with Crippen LogP contribution in [0.1, 0.15) is 28.4 Å². The monoisotopic (exact) mass is 393 g/mol. The third-order valence-electron chi connectivity index (χ3n) is 4.53. The van der Waals surface area contributed by atoms with Crippen molar-refractivity contribution in [3.05, 3.63) is 53.2 Å². The Hall–Kier alpha value is -3.10.